The fourth-order valence-electron chi connectivity index (χ4n) is 1.81. The van der Waals surface area contributed by atoms with Gasteiger partial charge in [-0.3, -0.25) is 9.78 Å². The topological polar surface area (TPSA) is 79.7 Å². The van der Waals surface area contributed by atoms with Gasteiger partial charge in [-0.15, -0.1) is 0 Å². The molecule has 0 unspecified atom stereocenters. The Morgan fingerprint density at radius 1 is 1.53 bits per heavy atom. The molecule has 1 aromatic heterocycles. The second-order valence-electron chi connectivity index (χ2n) is 4.08. The first kappa shape index (κ1) is 13.2. The molecule has 1 aromatic rings. The lowest BCUT2D eigenvalue weighted by Crippen LogP contribution is -2.52. The summed E-state index contributed by atoms with van der Waals surface area (Å²) in [5.74, 6) is -1.39. The molecular weight excluding hydrogens is 248 g/mol. The van der Waals surface area contributed by atoms with Crippen molar-refractivity contribution in [3.63, 3.8) is 0 Å². The number of carbonyl (C=O) groups excluding carboxylic acids is 1. The summed E-state index contributed by atoms with van der Waals surface area (Å²) >= 11 is 0. The highest BCUT2D eigenvalue weighted by Crippen LogP contribution is 2.09. The number of nitrogens with zero attached hydrogens (tertiary/aromatic N) is 2. The summed E-state index contributed by atoms with van der Waals surface area (Å²) in [6, 6.07) is 2.66. The quantitative estimate of drug-likeness (QED) is 0.798. The van der Waals surface area contributed by atoms with Crippen LogP contribution in [0.1, 0.15) is 5.56 Å². The number of aromatic nitrogens is 1. The first-order chi connectivity index (χ1) is 9.18. The van der Waals surface area contributed by atoms with Crippen LogP contribution in [0.5, 0.6) is 0 Å². The Morgan fingerprint density at radius 3 is 3.05 bits per heavy atom. The molecule has 1 saturated heterocycles. The van der Waals surface area contributed by atoms with E-state index in [1.807, 2.05) is 6.07 Å². The van der Waals surface area contributed by atoms with Crippen LogP contribution >= 0.6 is 0 Å². The summed E-state index contributed by atoms with van der Waals surface area (Å²) in [5.41, 5.74) is 0.788. The maximum atomic E-state index is 12.0. The van der Waals surface area contributed by atoms with Gasteiger partial charge >= 0.3 is 5.97 Å². The van der Waals surface area contributed by atoms with E-state index in [0.717, 1.165) is 5.56 Å². The molecule has 2 rings (SSSR count). The van der Waals surface area contributed by atoms with E-state index < -0.39 is 12.0 Å². The van der Waals surface area contributed by atoms with Gasteiger partial charge in [-0.25, -0.2) is 4.79 Å². The molecule has 1 atom stereocenters. The van der Waals surface area contributed by atoms with Gasteiger partial charge in [0.2, 0.25) is 5.91 Å². The van der Waals surface area contributed by atoms with Crippen molar-refractivity contribution in [2.75, 3.05) is 19.8 Å². The van der Waals surface area contributed by atoms with Crippen molar-refractivity contribution in [3.05, 3.63) is 36.2 Å². The van der Waals surface area contributed by atoms with Crippen molar-refractivity contribution < 1.29 is 19.4 Å². The van der Waals surface area contributed by atoms with E-state index in [1.54, 1.807) is 24.5 Å². The summed E-state index contributed by atoms with van der Waals surface area (Å²) in [4.78, 5) is 28.3. The fraction of sp³-hybridized carbons (Fsp3) is 0.308. The largest absolute Gasteiger partial charge is 0.480 e. The molecule has 19 heavy (non-hydrogen) atoms. The number of hydrogen-bond donors (Lipinski definition) is 1. The van der Waals surface area contributed by atoms with Gasteiger partial charge in [-0.05, 0) is 17.7 Å². The van der Waals surface area contributed by atoms with Gasteiger partial charge in [0.15, 0.2) is 6.04 Å². The molecule has 6 nitrogen and oxygen atoms in total. The second kappa shape index (κ2) is 6.10. The standard InChI is InChI=1S/C13H14N2O4/c16-12(4-3-10-2-1-5-14-8-10)15-6-7-19-9-11(15)13(17)18/h1-5,8,11H,6-7,9H2,(H,17,18)/b4-3+/t11-/m0/s1. The maximum Gasteiger partial charge on any atom is 0.328 e. The molecule has 0 aromatic carbocycles. The van der Waals surface area contributed by atoms with Crippen molar-refractivity contribution >= 4 is 18.0 Å². The molecule has 0 saturated carbocycles. The van der Waals surface area contributed by atoms with Crippen molar-refractivity contribution in [1.29, 1.82) is 0 Å². The van der Waals surface area contributed by atoms with Gasteiger partial charge < -0.3 is 14.7 Å². The number of rotatable bonds is 3. The average Bonchev–Trinajstić information content (AvgIpc) is 2.46. The van der Waals surface area contributed by atoms with Crippen molar-refractivity contribution in [2.24, 2.45) is 0 Å². The minimum absolute atomic E-state index is 0.0296. The zero-order valence-corrected chi connectivity index (χ0v) is 10.2. The van der Waals surface area contributed by atoms with E-state index in [-0.39, 0.29) is 19.1 Å². The van der Waals surface area contributed by atoms with E-state index in [4.69, 9.17) is 9.84 Å². The number of morpholine rings is 1. The predicted molar refractivity (Wildman–Crippen MR) is 67.2 cm³/mol. The van der Waals surface area contributed by atoms with Gasteiger partial charge in [0.25, 0.3) is 0 Å². The number of ether oxygens (including phenoxy) is 1. The Balaban J connectivity index is 2.06. The SMILES string of the molecule is O=C(O)[C@@H]1COCCN1C(=O)/C=C/c1cccnc1. The molecule has 1 amide bonds. The smallest absolute Gasteiger partial charge is 0.328 e. The maximum absolute atomic E-state index is 12.0. The third-order valence-electron chi connectivity index (χ3n) is 2.80. The molecule has 0 radical (unpaired) electrons. The molecule has 0 spiro atoms. The summed E-state index contributed by atoms with van der Waals surface area (Å²) in [5, 5.41) is 9.03. The average molecular weight is 262 g/mol. The van der Waals surface area contributed by atoms with Gasteiger partial charge in [0.1, 0.15) is 0 Å². The lowest BCUT2D eigenvalue weighted by Gasteiger charge is -2.31. The molecule has 0 aliphatic carbocycles. The molecule has 0 bridgehead atoms. The molecule has 100 valence electrons. The molecule has 1 fully saturated rings. The Labute approximate surface area is 110 Å². The highest BCUT2D eigenvalue weighted by molar-refractivity contribution is 5.94. The number of pyridine rings is 1. The van der Waals surface area contributed by atoms with Gasteiger partial charge in [0, 0.05) is 25.0 Å². The lowest BCUT2D eigenvalue weighted by molar-refractivity contribution is -0.156. The number of carboxylic acid groups (broad SMARTS) is 1. The van der Waals surface area contributed by atoms with Crippen molar-refractivity contribution in [1.82, 2.24) is 9.88 Å². The zero-order chi connectivity index (χ0) is 13.7. The molecule has 6 heteroatoms. The zero-order valence-electron chi connectivity index (χ0n) is 10.2. The van der Waals surface area contributed by atoms with Crippen LogP contribution in [0.3, 0.4) is 0 Å². The fourth-order valence-corrected chi connectivity index (χ4v) is 1.81. The van der Waals surface area contributed by atoms with E-state index in [2.05, 4.69) is 4.98 Å². The van der Waals surface area contributed by atoms with E-state index in [1.165, 1.54) is 11.0 Å². The highest BCUT2D eigenvalue weighted by atomic mass is 16.5. The number of hydrogen-bond acceptors (Lipinski definition) is 4. The lowest BCUT2D eigenvalue weighted by atomic mass is 10.2. The molecule has 1 aliphatic heterocycles. The predicted octanol–water partition coefficient (Wildman–Crippen LogP) is 0.407. The van der Waals surface area contributed by atoms with E-state index >= 15 is 0 Å². The van der Waals surface area contributed by atoms with Crippen LogP contribution in [0.25, 0.3) is 6.08 Å². The van der Waals surface area contributed by atoms with E-state index in [0.29, 0.717) is 6.61 Å². The first-order valence-electron chi connectivity index (χ1n) is 5.88. The van der Waals surface area contributed by atoms with Crippen molar-refractivity contribution in [2.45, 2.75) is 6.04 Å². The summed E-state index contributed by atoms with van der Waals surface area (Å²) < 4.78 is 5.08. The number of amides is 1. The second-order valence-corrected chi connectivity index (χ2v) is 4.08. The first-order valence-corrected chi connectivity index (χ1v) is 5.88. The molecule has 2 heterocycles. The van der Waals surface area contributed by atoms with Crippen LogP contribution in [0, 0.1) is 0 Å². The van der Waals surface area contributed by atoms with Crippen LogP contribution < -0.4 is 0 Å². The third-order valence-corrected chi connectivity index (χ3v) is 2.80. The normalized spacial score (nSPS) is 19.6. The Kier molecular flexibility index (Phi) is 4.25. The number of carbonyl (C=O) groups is 2. The monoisotopic (exact) mass is 262 g/mol. The van der Waals surface area contributed by atoms with Crippen LogP contribution in [0.2, 0.25) is 0 Å². The highest BCUT2D eigenvalue weighted by Gasteiger charge is 2.31. The van der Waals surface area contributed by atoms with Crippen LogP contribution in [-0.2, 0) is 14.3 Å². The number of aliphatic carboxylic acids is 1. The van der Waals surface area contributed by atoms with Crippen molar-refractivity contribution in [3.8, 4) is 0 Å². The van der Waals surface area contributed by atoms with Crippen LogP contribution in [0.4, 0.5) is 0 Å². The number of carboxylic acids is 1. The summed E-state index contributed by atoms with van der Waals surface area (Å²) in [6.07, 6.45) is 6.24. The Morgan fingerprint density at radius 2 is 2.37 bits per heavy atom. The summed E-state index contributed by atoms with van der Waals surface area (Å²) in [7, 11) is 0. The minimum atomic E-state index is -1.05. The molecule has 1 aliphatic rings. The Hall–Kier alpha value is -2.21. The van der Waals surface area contributed by atoms with Gasteiger partial charge in [-0.1, -0.05) is 6.07 Å². The van der Waals surface area contributed by atoms with Gasteiger partial charge in [-0.2, -0.15) is 0 Å². The van der Waals surface area contributed by atoms with Crippen LogP contribution in [0.15, 0.2) is 30.6 Å². The van der Waals surface area contributed by atoms with Gasteiger partial charge in [0.05, 0.1) is 13.2 Å². The molecule has 1 N–H and O–H groups in total. The minimum Gasteiger partial charge on any atom is -0.480 e. The molecular formula is C13H14N2O4. The third kappa shape index (κ3) is 3.38. The van der Waals surface area contributed by atoms with E-state index in [9.17, 15) is 9.59 Å². The Bertz CT molecular complexity index is 487. The summed E-state index contributed by atoms with van der Waals surface area (Å²) in [6.45, 7) is 0.672. The van der Waals surface area contributed by atoms with Crippen LogP contribution in [-0.4, -0.2) is 52.7 Å².